The van der Waals surface area contributed by atoms with E-state index in [4.69, 9.17) is 0 Å². The van der Waals surface area contributed by atoms with Crippen molar-refractivity contribution in [1.82, 2.24) is 0 Å². The van der Waals surface area contributed by atoms with Gasteiger partial charge >= 0.3 is 0 Å². The van der Waals surface area contributed by atoms with Gasteiger partial charge in [-0.2, -0.15) is 0 Å². The highest BCUT2D eigenvalue weighted by Gasteiger charge is 2.12. The lowest BCUT2D eigenvalue weighted by molar-refractivity contribution is 0.528. The molecule has 0 aromatic heterocycles. The molecule has 0 amide bonds. The van der Waals surface area contributed by atoms with Crippen molar-refractivity contribution in [2.24, 2.45) is 5.92 Å². The summed E-state index contributed by atoms with van der Waals surface area (Å²) in [5.74, 6) is 0.838. The quantitative estimate of drug-likeness (QED) is 0.518. The molecule has 0 heteroatoms. The maximum Gasteiger partial charge on any atom is -0.0202 e. The molecule has 0 bridgehead atoms. The van der Waals surface area contributed by atoms with E-state index in [1.807, 2.05) is 0 Å². The molecule has 0 saturated heterocycles. The molecule has 1 aliphatic carbocycles. The summed E-state index contributed by atoms with van der Waals surface area (Å²) >= 11 is 0. The minimum absolute atomic E-state index is 0.838. The van der Waals surface area contributed by atoms with Crippen LogP contribution in [0.1, 0.15) is 33.1 Å². The third kappa shape index (κ3) is 1.50. The number of hydrogen-bond acceptors (Lipinski definition) is 0. The maximum absolute atomic E-state index is 3.96. The van der Waals surface area contributed by atoms with Crippen LogP contribution in [-0.4, -0.2) is 0 Å². The van der Waals surface area contributed by atoms with E-state index >= 15 is 0 Å². The molecular weight excluding hydrogens is 120 g/mol. The van der Waals surface area contributed by atoms with Gasteiger partial charge in [0.1, 0.15) is 0 Å². The molecule has 0 aliphatic heterocycles. The highest BCUT2D eigenvalue weighted by atomic mass is 14.2. The lowest BCUT2D eigenvalue weighted by Gasteiger charge is -2.21. The summed E-state index contributed by atoms with van der Waals surface area (Å²) in [6.45, 7) is 8.44. The van der Waals surface area contributed by atoms with Crippen molar-refractivity contribution in [3.63, 3.8) is 0 Å². The molecule has 1 rings (SSSR count). The lowest BCUT2D eigenvalue weighted by atomic mass is 9.85. The Morgan fingerprint density at radius 3 is 2.90 bits per heavy atom. The van der Waals surface area contributed by atoms with Crippen molar-refractivity contribution >= 4 is 0 Å². The Labute approximate surface area is 63.6 Å². The van der Waals surface area contributed by atoms with E-state index in [1.54, 1.807) is 0 Å². The second-order valence-corrected chi connectivity index (χ2v) is 3.19. The molecule has 1 atom stereocenters. The van der Waals surface area contributed by atoms with Gasteiger partial charge in [-0.1, -0.05) is 30.7 Å². The molecule has 0 aromatic rings. The number of rotatable bonds is 1. The van der Waals surface area contributed by atoms with E-state index in [9.17, 15) is 0 Å². The average molecular weight is 136 g/mol. The normalized spacial score (nSPS) is 26.4. The Balaban J connectivity index is 2.67. The van der Waals surface area contributed by atoms with Crippen molar-refractivity contribution in [3.8, 4) is 0 Å². The molecule has 0 saturated carbocycles. The second-order valence-electron chi connectivity index (χ2n) is 3.19. The largest absolute Gasteiger partial charge is 0.0958 e. The van der Waals surface area contributed by atoms with Crippen molar-refractivity contribution in [2.45, 2.75) is 33.1 Å². The van der Waals surface area contributed by atoms with Gasteiger partial charge in [-0.15, -0.1) is 0 Å². The van der Waals surface area contributed by atoms with Gasteiger partial charge in [0, 0.05) is 0 Å². The first-order valence-corrected chi connectivity index (χ1v) is 4.10. The fourth-order valence-corrected chi connectivity index (χ4v) is 1.63. The van der Waals surface area contributed by atoms with Gasteiger partial charge in [0.2, 0.25) is 0 Å². The van der Waals surface area contributed by atoms with Gasteiger partial charge in [-0.25, -0.2) is 0 Å². The van der Waals surface area contributed by atoms with Gasteiger partial charge in [0.05, 0.1) is 0 Å². The van der Waals surface area contributed by atoms with Crippen LogP contribution in [-0.2, 0) is 0 Å². The predicted octanol–water partition coefficient (Wildman–Crippen LogP) is 3.31. The van der Waals surface area contributed by atoms with E-state index in [2.05, 4.69) is 26.5 Å². The predicted molar refractivity (Wildman–Crippen MR) is 45.9 cm³/mol. The van der Waals surface area contributed by atoms with E-state index in [-0.39, 0.29) is 0 Å². The lowest BCUT2D eigenvalue weighted by Crippen LogP contribution is -2.05. The highest BCUT2D eigenvalue weighted by Crippen LogP contribution is 2.28. The Morgan fingerprint density at radius 2 is 2.40 bits per heavy atom. The molecule has 0 spiro atoms. The zero-order valence-corrected chi connectivity index (χ0v) is 6.98. The van der Waals surface area contributed by atoms with Crippen molar-refractivity contribution in [2.75, 3.05) is 0 Å². The molecule has 10 heavy (non-hydrogen) atoms. The Bertz CT molecular complexity index is 163. The summed E-state index contributed by atoms with van der Waals surface area (Å²) in [4.78, 5) is 0. The summed E-state index contributed by atoms with van der Waals surface area (Å²) in [6, 6.07) is 0. The Kier molecular flexibility index (Phi) is 2.31. The van der Waals surface area contributed by atoms with Gasteiger partial charge in [-0.05, 0) is 32.1 Å². The van der Waals surface area contributed by atoms with Gasteiger partial charge < -0.3 is 0 Å². The highest BCUT2D eigenvalue weighted by molar-refractivity contribution is 5.24. The van der Waals surface area contributed by atoms with Gasteiger partial charge in [0.25, 0.3) is 0 Å². The molecule has 0 aromatic carbocycles. The molecule has 1 aliphatic rings. The maximum atomic E-state index is 3.96. The Morgan fingerprint density at radius 1 is 1.70 bits per heavy atom. The van der Waals surface area contributed by atoms with Crippen molar-refractivity contribution in [3.05, 3.63) is 23.8 Å². The SMILES string of the molecule is C=C1C=C(C)C(CC)CC1. The standard InChI is InChI=1S/C10H16/c1-4-10-6-5-8(2)7-9(10)3/h7,10H,2,4-6H2,1,3H3. The first kappa shape index (κ1) is 7.59. The van der Waals surface area contributed by atoms with Crippen LogP contribution < -0.4 is 0 Å². The molecule has 1 unspecified atom stereocenters. The number of hydrogen-bond donors (Lipinski definition) is 0. The summed E-state index contributed by atoms with van der Waals surface area (Å²) in [5, 5.41) is 0. The van der Waals surface area contributed by atoms with Crippen LogP contribution >= 0.6 is 0 Å². The minimum atomic E-state index is 0.838. The van der Waals surface area contributed by atoms with E-state index < -0.39 is 0 Å². The third-order valence-corrected chi connectivity index (χ3v) is 2.38. The average Bonchev–Trinajstić information content (AvgIpc) is 1.88. The zero-order chi connectivity index (χ0) is 7.56. The van der Waals surface area contributed by atoms with Crippen LogP contribution in [0.25, 0.3) is 0 Å². The summed E-state index contributed by atoms with van der Waals surface area (Å²) < 4.78 is 0. The smallest absolute Gasteiger partial charge is 0.0202 e. The van der Waals surface area contributed by atoms with Crippen LogP contribution in [0.2, 0.25) is 0 Å². The second kappa shape index (κ2) is 3.05. The fraction of sp³-hybridized carbons (Fsp3) is 0.600. The van der Waals surface area contributed by atoms with Crippen LogP contribution in [0.4, 0.5) is 0 Å². The molecule has 0 fully saturated rings. The van der Waals surface area contributed by atoms with E-state index in [1.165, 1.54) is 30.4 Å². The summed E-state index contributed by atoms with van der Waals surface area (Å²) in [6.07, 6.45) is 6.06. The van der Waals surface area contributed by atoms with Crippen LogP contribution in [0.5, 0.6) is 0 Å². The molecule has 56 valence electrons. The molecule has 0 heterocycles. The monoisotopic (exact) mass is 136 g/mol. The van der Waals surface area contributed by atoms with Crippen LogP contribution in [0.15, 0.2) is 23.8 Å². The topological polar surface area (TPSA) is 0 Å². The first-order chi connectivity index (χ1) is 4.74. The summed E-state index contributed by atoms with van der Waals surface area (Å²) in [7, 11) is 0. The number of allylic oxidation sites excluding steroid dienone is 3. The van der Waals surface area contributed by atoms with E-state index in [0.717, 1.165) is 5.92 Å². The molecule has 0 radical (unpaired) electrons. The van der Waals surface area contributed by atoms with E-state index in [0.29, 0.717) is 0 Å². The van der Waals surface area contributed by atoms with Crippen molar-refractivity contribution in [1.29, 1.82) is 0 Å². The molecule has 0 N–H and O–H groups in total. The summed E-state index contributed by atoms with van der Waals surface area (Å²) in [5.41, 5.74) is 2.83. The molecule has 0 nitrogen and oxygen atoms in total. The van der Waals surface area contributed by atoms with Gasteiger partial charge in [-0.3, -0.25) is 0 Å². The minimum Gasteiger partial charge on any atom is -0.0958 e. The fourth-order valence-electron chi connectivity index (χ4n) is 1.63. The molecular formula is C10H16. The van der Waals surface area contributed by atoms with Crippen LogP contribution in [0, 0.1) is 5.92 Å². The van der Waals surface area contributed by atoms with Crippen LogP contribution in [0.3, 0.4) is 0 Å². The van der Waals surface area contributed by atoms with Crippen molar-refractivity contribution < 1.29 is 0 Å². The zero-order valence-electron chi connectivity index (χ0n) is 6.98. The Hall–Kier alpha value is -0.520. The third-order valence-electron chi connectivity index (χ3n) is 2.38. The van der Waals surface area contributed by atoms with Gasteiger partial charge in [0.15, 0.2) is 0 Å². The first-order valence-electron chi connectivity index (χ1n) is 4.10.